The number of rotatable bonds is 7. The predicted octanol–water partition coefficient (Wildman–Crippen LogP) is 3.12. The number of carboxylic acids is 1. The Morgan fingerprint density at radius 1 is 1.04 bits per heavy atom. The van der Waals surface area contributed by atoms with E-state index >= 15 is 0 Å². The molecule has 0 spiro atoms. The van der Waals surface area contributed by atoms with Gasteiger partial charge in [-0.3, -0.25) is 9.69 Å². The number of hydrogen-bond donors (Lipinski definition) is 2. The molecule has 1 saturated heterocycles. The Morgan fingerprint density at radius 3 is 2.50 bits per heavy atom. The molecular weight excluding hydrogens is 354 g/mol. The van der Waals surface area contributed by atoms with Gasteiger partial charge in [-0.2, -0.15) is 0 Å². The summed E-state index contributed by atoms with van der Waals surface area (Å²) in [5.41, 5.74) is 1.11. The van der Waals surface area contributed by atoms with E-state index in [1.54, 1.807) is 0 Å². The van der Waals surface area contributed by atoms with Crippen molar-refractivity contribution in [3.05, 3.63) is 35.9 Å². The van der Waals surface area contributed by atoms with Gasteiger partial charge in [-0.05, 0) is 37.7 Å². The summed E-state index contributed by atoms with van der Waals surface area (Å²) in [6.07, 6.45) is 7.41. The van der Waals surface area contributed by atoms with Crippen LogP contribution in [0, 0.1) is 0 Å². The van der Waals surface area contributed by atoms with E-state index in [2.05, 4.69) is 10.2 Å². The van der Waals surface area contributed by atoms with Crippen LogP contribution in [-0.4, -0.2) is 65.2 Å². The monoisotopic (exact) mass is 387 g/mol. The second kappa shape index (κ2) is 10.5. The van der Waals surface area contributed by atoms with Crippen LogP contribution in [0.15, 0.2) is 30.3 Å². The molecule has 6 heteroatoms. The van der Waals surface area contributed by atoms with E-state index in [-0.39, 0.29) is 18.5 Å². The van der Waals surface area contributed by atoms with Gasteiger partial charge in [0.1, 0.15) is 0 Å². The number of carboxylic acid groups (broad SMARTS) is 1. The maximum atomic E-state index is 12.9. The van der Waals surface area contributed by atoms with Gasteiger partial charge in [-0.15, -0.1) is 0 Å². The first-order chi connectivity index (χ1) is 13.6. The summed E-state index contributed by atoms with van der Waals surface area (Å²) >= 11 is 0. The fourth-order valence-electron chi connectivity index (χ4n) is 4.46. The van der Waals surface area contributed by atoms with Crippen molar-refractivity contribution >= 4 is 12.0 Å². The molecule has 1 heterocycles. The number of hydrogen-bond acceptors (Lipinski definition) is 3. The Morgan fingerprint density at radius 2 is 1.79 bits per heavy atom. The minimum atomic E-state index is -0.825. The summed E-state index contributed by atoms with van der Waals surface area (Å²) in [5.74, 6) is -0.825. The molecule has 1 aliphatic carbocycles. The van der Waals surface area contributed by atoms with Crippen LogP contribution in [-0.2, 0) is 11.2 Å². The summed E-state index contributed by atoms with van der Waals surface area (Å²) in [5, 5.41) is 12.2. The highest BCUT2D eigenvalue weighted by Crippen LogP contribution is 2.24. The first-order valence-electron chi connectivity index (χ1n) is 10.7. The molecular formula is C22H33N3O3. The van der Waals surface area contributed by atoms with E-state index in [0.29, 0.717) is 18.9 Å². The molecule has 2 fully saturated rings. The van der Waals surface area contributed by atoms with Crippen molar-refractivity contribution in [2.24, 2.45) is 0 Å². The van der Waals surface area contributed by atoms with E-state index in [4.69, 9.17) is 5.11 Å². The quantitative estimate of drug-likeness (QED) is 0.754. The molecule has 0 aromatic heterocycles. The minimum Gasteiger partial charge on any atom is -0.481 e. The van der Waals surface area contributed by atoms with Crippen molar-refractivity contribution in [2.75, 3.05) is 26.2 Å². The second-order valence-corrected chi connectivity index (χ2v) is 8.08. The van der Waals surface area contributed by atoms with Gasteiger partial charge in [0.2, 0.25) is 0 Å². The van der Waals surface area contributed by atoms with Gasteiger partial charge in [0.15, 0.2) is 0 Å². The van der Waals surface area contributed by atoms with Gasteiger partial charge < -0.3 is 15.3 Å². The number of aliphatic carboxylic acids is 1. The van der Waals surface area contributed by atoms with E-state index in [9.17, 15) is 9.59 Å². The van der Waals surface area contributed by atoms with Crippen LogP contribution in [0.1, 0.15) is 50.5 Å². The highest BCUT2D eigenvalue weighted by Gasteiger charge is 2.27. The fourth-order valence-corrected chi connectivity index (χ4v) is 4.46. The Labute approximate surface area is 167 Å². The number of carbonyl (C=O) groups excluding carboxylic acids is 1. The van der Waals surface area contributed by atoms with E-state index in [0.717, 1.165) is 38.2 Å². The van der Waals surface area contributed by atoms with Crippen LogP contribution in [0.25, 0.3) is 0 Å². The van der Waals surface area contributed by atoms with Crippen molar-refractivity contribution < 1.29 is 14.7 Å². The van der Waals surface area contributed by atoms with Gasteiger partial charge in [0.25, 0.3) is 0 Å². The summed E-state index contributed by atoms with van der Waals surface area (Å²) in [7, 11) is 0. The van der Waals surface area contributed by atoms with E-state index in [1.165, 1.54) is 25.7 Å². The van der Waals surface area contributed by atoms with Crippen LogP contribution >= 0.6 is 0 Å². The third kappa shape index (κ3) is 6.23. The zero-order chi connectivity index (χ0) is 19.8. The SMILES string of the molecule is O=C(O)CCC(Cc1ccccc1)NC(=O)N1CCCN(C2CCCC2)CC1. The average Bonchev–Trinajstić information content (AvgIpc) is 3.11. The van der Waals surface area contributed by atoms with Crippen molar-refractivity contribution in [1.29, 1.82) is 0 Å². The van der Waals surface area contributed by atoms with Crippen LogP contribution in [0.4, 0.5) is 4.79 Å². The first kappa shape index (κ1) is 20.6. The molecule has 1 unspecified atom stereocenters. The maximum Gasteiger partial charge on any atom is 0.317 e. The van der Waals surface area contributed by atoms with Crippen molar-refractivity contribution in [3.63, 3.8) is 0 Å². The molecule has 3 rings (SSSR count). The zero-order valence-corrected chi connectivity index (χ0v) is 16.7. The highest BCUT2D eigenvalue weighted by molar-refractivity contribution is 5.74. The first-order valence-corrected chi connectivity index (χ1v) is 10.7. The largest absolute Gasteiger partial charge is 0.481 e. The number of nitrogens with zero attached hydrogens (tertiary/aromatic N) is 2. The van der Waals surface area contributed by atoms with Gasteiger partial charge in [0.05, 0.1) is 0 Å². The highest BCUT2D eigenvalue weighted by atomic mass is 16.4. The topological polar surface area (TPSA) is 72.9 Å². The second-order valence-electron chi connectivity index (χ2n) is 8.08. The molecule has 154 valence electrons. The number of carbonyl (C=O) groups is 2. The van der Waals surface area contributed by atoms with Crippen LogP contribution in [0.2, 0.25) is 0 Å². The average molecular weight is 388 g/mol. The lowest BCUT2D eigenvalue weighted by Gasteiger charge is -2.28. The molecule has 28 heavy (non-hydrogen) atoms. The molecule has 2 N–H and O–H groups in total. The standard InChI is InChI=1S/C22H33N3O3/c26-21(27)12-11-19(17-18-7-2-1-3-8-18)23-22(28)25-14-6-13-24(15-16-25)20-9-4-5-10-20/h1-3,7-8,19-20H,4-6,9-17H2,(H,23,28)(H,26,27). The molecule has 1 aliphatic heterocycles. The molecule has 1 saturated carbocycles. The maximum absolute atomic E-state index is 12.9. The number of amides is 2. The lowest BCUT2D eigenvalue weighted by molar-refractivity contribution is -0.137. The lowest BCUT2D eigenvalue weighted by atomic mass is 10.0. The summed E-state index contributed by atoms with van der Waals surface area (Å²) in [6, 6.07) is 10.4. The van der Waals surface area contributed by atoms with Gasteiger partial charge in [0, 0.05) is 44.7 Å². The zero-order valence-electron chi connectivity index (χ0n) is 16.7. The molecule has 6 nitrogen and oxygen atoms in total. The summed E-state index contributed by atoms with van der Waals surface area (Å²) < 4.78 is 0. The van der Waals surface area contributed by atoms with Crippen LogP contribution in [0.5, 0.6) is 0 Å². The van der Waals surface area contributed by atoms with Gasteiger partial charge in [-0.1, -0.05) is 43.2 Å². The van der Waals surface area contributed by atoms with Crippen LogP contribution < -0.4 is 5.32 Å². The smallest absolute Gasteiger partial charge is 0.317 e. The Kier molecular flexibility index (Phi) is 7.71. The predicted molar refractivity (Wildman–Crippen MR) is 109 cm³/mol. The minimum absolute atomic E-state index is 0.0559. The van der Waals surface area contributed by atoms with E-state index < -0.39 is 5.97 Å². The number of nitrogens with one attached hydrogen (secondary N) is 1. The molecule has 2 amide bonds. The number of benzene rings is 1. The van der Waals surface area contributed by atoms with Gasteiger partial charge in [-0.25, -0.2) is 4.79 Å². The van der Waals surface area contributed by atoms with Crippen LogP contribution in [0.3, 0.4) is 0 Å². The lowest BCUT2D eigenvalue weighted by Crippen LogP contribution is -2.47. The Hall–Kier alpha value is -2.08. The summed E-state index contributed by atoms with van der Waals surface area (Å²) in [4.78, 5) is 28.4. The Balaban J connectivity index is 1.54. The number of urea groups is 1. The molecule has 1 atom stereocenters. The van der Waals surface area contributed by atoms with E-state index in [1.807, 2.05) is 35.2 Å². The Bertz CT molecular complexity index is 631. The third-order valence-electron chi connectivity index (χ3n) is 6.02. The van der Waals surface area contributed by atoms with Crippen molar-refractivity contribution in [3.8, 4) is 0 Å². The third-order valence-corrected chi connectivity index (χ3v) is 6.02. The van der Waals surface area contributed by atoms with Gasteiger partial charge >= 0.3 is 12.0 Å². The molecule has 2 aliphatic rings. The molecule has 1 aromatic carbocycles. The fraction of sp³-hybridized carbons (Fsp3) is 0.636. The normalized spacial score (nSPS) is 19.9. The van der Waals surface area contributed by atoms with Crippen molar-refractivity contribution in [2.45, 2.75) is 63.5 Å². The van der Waals surface area contributed by atoms with Crippen molar-refractivity contribution in [1.82, 2.24) is 15.1 Å². The molecule has 1 aromatic rings. The molecule has 0 bridgehead atoms. The summed E-state index contributed by atoms with van der Waals surface area (Å²) in [6.45, 7) is 3.53. The molecule has 0 radical (unpaired) electrons.